The molecule has 0 saturated carbocycles. The summed E-state index contributed by atoms with van der Waals surface area (Å²) in [7, 11) is 0. The summed E-state index contributed by atoms with van der Waals surface area (Å²) in [6.45, 7) is 6.41. The molecule has 4 aliphatic rings. The molecule has 242 valence electrons. The highest BCUT2D eigenvalue weighted by molar-refractivity contribution is 6.42. The normalized spacial score (nSPS) is 21.1. The fourth-order valence-electron chi connectivity index (χ4n) is 7.04. The van der Waals surface area contributed by atoms with Crippen LogP contribution in [-0.4, -0.2) is 115 Å². The van der Waals surface area contributed by atoms with E-state index in [9.17, 15) is 14.4 Å². The molecule has 2 N–H and O–H groups in total. The van der Waals surface area contributed by atoms with Crippen LogP contribution in [0.3, 0.4) is 0 Å². The number of nitrogens with zero attached hydrogens (tertiary/aromatic N) is 4. The SMILES string of the molecule is O=C(OC(Cc1ccc(Cl)c(Cl)c1)C(=O)N1CCN(C2CCNCC2)CC1)N1CCC(N2CCc3ccccc3NC2=O)CC1. The Hall–Kier alpha value is -3.05. The van der Waals surface area contributed by atoms with Gasteiger partial charge in [-0.2, -0.15) is 0 Å². The van der Waals surface area contributed by atoms with Gasteiger partial charge in [0.15, 0.2) is 6.10 Å². The van der Waals surface area contributed by atoms with Crippen molar-refractivity contribution in [1.29, 1.82) is 0 Å². The monoisotopic (exact) mass is 656 g/mol. The van der Waals surface area contributed by atoms with Crippen LogP contribution >= 0.6 is 23.2 Å². The number of rotatable bonds is 6. The minimum Gasteiger partial charge on any atom is -0.436 e. The fourth-order valence-corrected chi connectivity index (χ4v) is 7.36. The molecule has 45 heavy (non-hydrogen) atoms. The Morgan fingerprint density at radius 3 is 2.31 bits per heavy atom. The summed E-state index contributed by atoms with van der Waals surface area (Å²) in [5, 5.41) is 7.28. The van der Waals surface area contributed by atoms with E-state index >= 15 is 0 Å². The molecule has 0 aromatic heterocycles. The standard InChI is InChI=1S/C33H42Cl2N6O4/c34-27-6-5-23(21-28(27)35)22-30(31(42)39-19-17-38(18-20-39)25-7-12-36-13-8-25)45-33(44)40-14-10-26(11-15-40)41-16-9-24-3-1-2-4-29(24)37-32(41)43/h1-6,21,25-26,30,36H,7-20,22H2,(H,37,43). The zero-order valence-electron chi connectivity index (χ0n) is 25.6. The van der Waals surface area contributed by atoms with E-state index in [0.29, 0.717) is 61.7 Å². The first-order valence-corrected chi connectivity index (χ1v) is 16.9. The fraction of sp³-hybridized carbons (Fsp3) is 0.545. The van der Waals surface area contributed by atoms with Crippen LogP contribution in [-0.2, 0) is 22.4 Å². The summed E-state index contributed by atoms with van der Waals surface area (Å²) in [5.74, 6) is -0.185. The molecule has 2 aromatic carbocycles. The molecule has 3 saturated heterocycles. The second kappa shape index (κ2) is 14.6. The van der Waals surface area contributed by atoms with Crippen LogP contribution in [0.2, 0.25) is 10.0 Å². The third-order valence-corrected chi connectivity index (χ3v) is 10.4. The first-order chi connectivity index (χ1) is 21.9. The first-order valence-electron chi connectivity index (χ1n) is 16.1. The van der Waals surface area contributed by atoms with Crippen LogP contribution in [0.1, 0.15) is 36.8 Å². The second-order valence-corrected chi connectivity index (χ2v) is 13.2. The Kier molecular flexibility index (Phi) is 10.3. The van der Waals surface area contributed by atoms with E-state index in [4.69, 9.17) is 27.9 Å². The van der Waals surface area contributed by atoms with Crippen molar-refractivity contribution in [1.82, 2.24) is 24.9 Å². The average molecular weight is 658 g/mol. The summed E-state index contributed by atoms with van der Waals surface area (Å²) >= 11 is 12.4. The van der Waals surface area contributed by atoms with Gasteiger partial charge < -0.3 is 30.1 Å². The quantitative estimate of drug-likeness (QED) is 0.476. The van der Waals surface area contributed by atoms with Crippen LogP contribution in [0.15, 0.2) is 42.5 Å². The molecule has 0 bridgehead atoms. The first kappa shape index (κ1) is 31.9. The molecule has 0 aliphatic carbocycles. The van der Waals surface area contributed by atoms with E-state index in [1.807, 2.05) is 40.1 Å². The molecule has 2 aromatic rings. The number of carbonyl (C=O) groups is 3. The summed E-state index contributed by atoms with van der Waals surface area (Å²) in [5.41, 5.74) is 2.76. The average Bonchev–Trinajstić information content (AvgIpc) is 3.24. The maximum absolute atomic E-state index is 13.9. The Morgan fingerprint density at radius 1 is 0.844 bits per heavy atom. The third-order valence-electron chi connectivity index (χ3n) is 9.68. The maximum Gasteiger partial charge on any atom is 0.410 e. The van der Waals surface area contributed by atoms with Crippen LogP contribution in [0.4, 0.5) is 15.3 Å². The topological polar surface area (TPSA) is 97.5 Å². The number of para-hydroxylation sites is 1. The molecule has 4 amide bonds. The lowest BCUT2D eigenvalue weighted by atomic mass is 10.0. The molecule has 1 atom stereocenters. The second-order valence-electron chi connectivity index (χ2n) is 12.4. The van der Waals surface area contributed by atoms with Crippen LogP contribution in [0.5, 0.6) is 0 Å². The van der Waals surface area contributed by atoms with E-state index in [-0.39, 0.29) is 24.4 Å². The molecule has 0 radical (unpaired) electrons. The number of piperidine rings is 2. The number of benzene rings is 2. The molecule has 4 heterocycles. The number of nitrogens with one attached hydrogen (secondary N) is 2. The number of ether oxygens (including phenoxy) is 1. The highest BCUT2D eigenvalue weighted by Crippen LogP contribution is 2.27. The Balaban J connectivity index is 1.07. The van der Waals surface area contributed by atoms with Crippen molar-refractivity contribution in [3.63, 3.8) is 0 Å². The van der Waals surface area contributed by atoms with Crippen molar-refractivity contribution >= 4 is 46.9 Å². The van der Waals surface area contributed by atoms with Crippen LogP contribution < -0.4 is 10.6 Å². The van der Waals surface area contributed by atoms with Gasteiger partial charge >= 0.3 is 12.1 Å². The van der Waals surface area contributed by atoms with E-state index in [0.717, 1.165) is 62.3 Å². The van der Waals surface area contributed by atoms with E-state index < -0.39 is 12.2 Å². The van der Waals surface area contributed by atoms with E-state index in [1.165, 1.54) is 0 Å². The number of hydrogen-bond donors (Lipinski definition) is 2. The van der Waals surface area contributed by atoms with Gasteiger partial charge in [-0.1, -0.05) is 47.5 Å². The van der Waals surface area contributed by atoms with E-state index in [2.05, 4.69) is 15.5 Å². The Morgan fingerprint density at radius 2 is 1.58 bits per heavy atom. The number of amides is 4. The largest absolute Gasteiger partial charge is 0.436 e. The predicted molar refractivity (Wildman–Crippen MR) is 175 cm³/mol. The van der Waals surface area contributed by atoms with Gasteiger partial charge in [-0.3, -0.25) is 9.69 Å². The third kappa shape index (κ3) is 7.68. The molecule has 10 nitrogen and oxygen atoms in total. The molecule has 4 aliphatic heterocycles. The van der Waals surface area contributed by atoms with Gasteiger partial charge in [0, 0.05) is 70.0 Å². The van der Waals surface area contributed by atoms with Gasteiger partial charge in [0.1, 0.15) is 0 Å². The zero-order valence-corrected chi connectivity index (χ0v) is 27.1. The number of anilines is 1. The van der Waals surface area contributed by atoms with Gasteiger partial charge in [-0.25, -0.2) is 9.59 Å². The lowest BCUT2D eigenvalue weighted by Crippen LogP contribution is -2.56. The molecular formula is C33H42Cl2N6O4. The zero-order chi connectivity index (χ0) is 31.3. The predicted octanol–water partition coefficient (Wildman–Crippen LogP) is 4.49. The van der Waals surface area contributed by atoms with Crippen molar-refractivity contribution in [2.45, 2.75) is 56.7 Å². The number of piperazine rings is 1. The van der Waals surface area contributed by atoms with Gasteiger partial charge in [-0.15, -0.1) is 0 Å². The highest BCUT2D eigenvalue weighted by Gasteiger charge is 2.36. The van der Waals surface area contributed by atoms with E-state index in [1.54, 1.807) is 17.0 Å². The number of likely N-dealkylation sites (tertiary alicyclic amines) is 1. The number of hydrogen-bond acceptors (Lipinski definition) is 6. The number of halogens is 2. The van der Waals surface area contributed by atoms with Crippen molar-refractivity contribution in [3.05, 3.63) is 63.6 Å². The minimum atomic E-state index is -0.979. The molecule has 1 unspecified atom stereocenters. The minimum absolute atomic E-state index is 0.0215. The van der Waals surface area contributed by atoms with Crippen molar-refractivity contribution in [3.8, 4) is 0 Å². The summed E-state index contributed by atoms with van der Waals surface area (Å²) in [6, 6.07) is 13.6. The van der Waals surface area contributed by atoms with Crippen LogP contribution in [0.25, 0.3) is 0 Å². The summed E-state index contributed by atoms with van der Waals surface area (Å²) in [4.78, 5) is 48.3. The van der Waals surface area contributed by atoms with Crippen molar-refractivity contribution < 1.29 is 19.1 Å². The lowest BCUT2D eigenvalue weighted by Gasteiger charge is -2.41. The highest BCUT2D eigenvalue weighted by atomic mass is 35.5. The number of fused-ring (bicyclic) bond motifs is 1. The lowest BCUT2D eigenvalue weighted by molar-refractivity contribution is -0.143. The molecule has 6 rings (SSSR count). The smallest absolute Gasteiger partial charge is 0.410 e. The summed E-state index contributed by atoms with van der Waals surface area (Å²) < 4.78 is 5.99. The summed E-state index contributed by atoms with van der Waals surface area (Å²) in [6.07, 6.45) is 3.03. The molecule has 0 spiro atoms. The maximum atomic E-state index is 13.9. The Labute approximate surface area is 274 Å². The van der Waals surface area contributed by atoms with Crippen LogP contribution in [0, 0.1) is 0 Å². The van der Waals surface area contributed by atoms with Gasteiger partial charge in [0.25, 0.3) is 5.91 Å². The molecule has 3 fully saturated rings. The van der Waals surface area contributed by atoms with Gasteiger partial charge in [-0.05, 0) is 74.5 Å². The number of urea groups is 1. The number of carbonyl (C=O) groups excluding carboxylic acids is 3. The Bertz CT molecular complexity index is 1370. The van der Waals surface area contributed by atoms with Gasteiger partial charge in [0.05, 0.1) is 10.0 Å². The molecule has 12 heteroatoms. The molecular weight excluding hydrogens is 615 g/mol. The van der Waals surface area contributed by atoms with Crippen molar-refractivity contribution in [2.75, 3.05) is 64.2 Å². The van der Waals surface area contributed by atoms with Gasteiger partial charge in [0.2, 0.25) is 0 Å². The van der Waals surface area contributed by atoms with Crippen molar-refractivity contribution in [2.24, 2.45) is 0 Å².